The molecule has 4 rings (SSSR count). The Balaban J connectivity index is 1.78. The number of aromatic nitrogens is 3. The highest BCUT2D eigenvalue weighted by Gasteiger charge is 2.21. The first-order valence-corrected chi connectivity index (χ1v) is 10.1. The van der Waals surface area contributed by atoms with E-state index < -0.39 is 14.9 Å². The van der Waals surface area contributed by atoms with Crippen molar-refractivity contribution in [3.63, 3.8) is 0 Å². The van der Waals surface area contributed by atoms with E-state index in [1.807, 2.05) is 0 Å². The molecule has 0 bridgehead atoms. The highest BCUT2D eigenvalue weighted by molar-refractivity contribution is 7.92. The van der Waals surface area contributed by atoms with Gasteiger partial charge in [-0.1, -0.05) is 24.3 Å². The van der Waals surface area contributed by atoms with Gasteiger partial charge in [0.25, 0.3) is 15.7 Å². The number of hydrogen-bond donors (Lipinski definition) is 2. The summed E-state index contributed by atoms with van der Waals surface area (Å²) in [6, 6.07) is 16.9. The van der Waals surface area contributed by atoms with Crippen molar-refractivity contribution in [1.82, 2.24) is 15.0 Å². The molecular formula is C19H14N6O4S. The zero-order chi connectivity index (χ0) is 21.1. The quantitative estimate of drug-likeness (QED) is 0.355. The first-order valence-electron chi connectivity index (χ1n) is 8.64. The molecule has 2 aromatic heterocycles. The Morgan fingerprint density at radius 1 is 0.867 bits per heavy atom. The lowest BCUT2D eigenvalue weighted by atomic mass is 10.3. The average Bonchev–Trinajstić information content (AvgIpc) is 2.75. The van der Waals surface area contributed by atoms with Crippen molar-refractivity contribution < 1.29 is 13.3 Å². The predicted molar refractivity (Wildman–Crippen MR) is 111 cm³/mol. The Morgan fingerprint density at radius 3 is 2.23 bits per heavy atom. The first-order chi connectivity index (χ1) is 14.4. The number of nitrogens with one attached hydrogen (secondary N) is 2. The molecule has 0 fully saturated rings. The molecule has 30 heavy (non-hydrogen) atoms. The van der Waals surface area contributed by atoms with Gasteiger partial charge in [-0.2, -0.15) is 0 Å². The number of anilines is 3. The minimum atomic E-state index is -4.17. The molecule has 4 aromatic rings. The van der Waals surface area contributed by atoms with Crippen LogP contribution in [0.15, 0.2) is 77.8 Å². The van der Waals surface area contributed by atoms with E-state index in [9.17, 15) is 18.5 Å². The number of non-ortho nitro benzene ring substituents is 1. The third-order valence-electron chi connectivity index (χ3n) is 4.05. The van der Waals surface area contributed by atoms with Crippen molar-refractivity contribution in [2.45, 2.75) is 4.90 Å². The van der Waals surface area contributed by atoms with Crippen LogP contribution >= 0.6 is 0 Å². The summed E-state index contributed by atoms with van der Waals surface area (Å²) in [5.74, 6) is 0.519. The van der Waals surface area contributed by atoms with Crippen molar-refractivity contribution in [1.29, 1.82) is 0 Å². The molecule has 0 atom stereocenters. The van der Waals surface area contributed by atoms with Crippen LogP contribution in [0.4, 0.5) is 23.1 Å². The number of nitro benzene ring substituents is 1. The first kappa shape index (κ1) is 19.2. The highest BCUT2D eigenvalue weighted by Crippen LogP contribution is 2.27. The zero-order valence-electron chi connectivity index (χ0n) is 15.3. The molecule has 10 nitrogen and oxygen atoms in total. The van der Waals surface area contributed by atoms with Crippen molar-refractivity contribution in [3.05, 3.63) is 83.0 Å². The maximum Gasteiger partial charge on any atom is 0.270 e. The lowest BCUT2D eigenvalue weighted by molar-refractivity contribution is -0.385. The summed E-state index contributed by atoms with van der Waals surface area (Å²) in [5.41, 5.74) is 0.685. The second-order valence-corrected chi connectivity index (χ2v) is 7.79. The molecule has 0 aliphatic carbocycles. The second kappa shape index (κ2) is 7.72. The van der Waals surface area contributed by atoms with E-state index in [0.717, 1.165) is 6.07 Å². The van der Waals surface area contributed by atoms with Crippen LogP contribution in [0.2, 0.25) is 0 Å². The van der Waals surface area contributed by atoms with Gasteiger partial charge in [0.2, 0.25) is 0 Å². The van der Waals surface area contributed by atoms with Gasteiger partial charge in [-0.3, -0.25) is 14.8 Å². The van der Waals surface area contributed by atoms with E-state index >= 15 is 0 Å². The Kier molecular flexibility index (Phi) is 4.94. The molecule has 0 unspecified atom stereocenters. The molecule has 2 aromatic carbocycles. The summed E-state index contributed by atoms with van der Waals surface area (Å²) in [6.07, 6.45) is 1.57. The van der Waals surface area contributed by atoms with E-state index in [1.54, 1.807) is 48.7 Å². The Morgan fingerprint density at radius 2 is 1.57 bits per heavy atom. The average molecular weight is 422 g/mol. The normalized spacial score (nSPS) is 11.2. The molecule has 0 radical (unpaired) electrons. The molecule has 0 saturated carbocycles. The fraction of sp³-hybridized carbons (Fsp3) is 0. The van der Waals surface area contributed by atoms with Crippen LogP contribution in [0.1, 0.15) is 0 Å². The van der Waals surface area contributed by atoms with Crippen LogP contribution in [-0.2, 0) is 10.0 Å². The van der Waals surface area contributed by atoms with Crippen molar-refractivity contribution in [2.24, 2.45) is 0 Å². The number of pyridine rings is 1. The number of sulfonamides is 1. The van der Waals surface area contributed by atoms with Crippen molar-refractivity contribution >= 4 is 44.2 Å². The fourth-order valence-electron chi connectivity index (χ4n) is 2.67. The summed E-state index contributed by atoms with van der Waals surface area (Å²) in [7, 11) is -4.17. The van der Waals surface area contributed by atoms with E-state index in [0.29, 0.717) is 16.9 Å². The van der Waals surface area contributed by atoms with Crippen molar-refractivity contribution in [2.75, 3.05) is 10.0 Å². The van der Waals surface area contributed by atoms with Crippen LogP contribution in [0, 0.1) is 10.1 Å². The Bertz CT molecular complexity index is 1350. The minimum absolute atomic E-state index is 0.0640. The molecule has 11 heteroatoms. The predicted octanol–water partition coefficient (Wildman–Crippen LogP) is 3.48. The molecule has 0 aliphatic heterocycles. The summed E-state index contributed by atoms with van der Waals surface area (Å²) in [4.78, 5) is 23.0. The van der Waals surface area contributed by atoms with Gasteiger partial charge in [-0.05, 0) is 30.3 Å². The summed E-state index contributed by atoms with van der Waals surface area (Å²) < 4.78 is 28.1. The number of fused-ring (bicyclic) bond motifs is 1. The van der Waals surface area contributed by atoms with Gasteiger partial charge in [0.15, 0.2) is 11.6 Å². The monoisotopic (exact) mass is 422 g/mol. The summed E-state index contributed by atoms with van der Waals surface area (Å²) in [5, 5.41) is 13.9. The van der Waals surface area contributed by atoms with Gasteiger partial charge >= 0.3 is 0 Å². The zero-order valence-corrected chi connectivity index (χ0v) is 16.1. The van der Waals surface area contributed by atoms with E-state index in [-0.39, 0.29) is 22.2 Å². The number of hydrogen-bond acceptors (Lipinski definition) is 8. The SMILES string of the molecule is O=[N+]([O-])c1cccc(S(=O)(=O)Nc2nc3ccccc3nc2Nc2ccccn2)c1. The van der Waals surface area contributed by atoms with Crippen LogP contribution in [-0.4, -0.2) is 28.3 Å². The number of nitrogens with zero attached hydrogens (tertiary/aromatic N) is 4. The lowest BCUT2D eigenvalue weighted by Crippen LogP contribution is -2.16. The molecule has 0 spiro atoms. The van der Waals surface area contributed by atoms with Crippen LogP contribution < -0.4 is 10.0 Å². The van der Waals surface area contributed by atoms with Gasteiger partial charge in [0, 0.05) is 18.3 Å². The molecule has 150 valence electrons. The molecule has 0 amide bonds. The standard InChI is InChI=1S/C19H14N6O4S/c26-25(27)13-6-5-7-14(12-13)30(28,29)24-19-18(23-17-10-3-4-11-20-17)21-15-8-1-2-9-16(15)22-19/h1-12H,(H,22,24)(H,20,21,23). The largest absolute Gasteiger partial charge is 0.322 e. The van der Waals surface area contributed by atoms with E-state index in [2.05, 4.69) is 25.0 Å². The summed E-state index contributed by atoms with van der Waals surface area (Å²) >= 11 is 0. The van der Waals surface area contributed by atoms with Crippen LogP contribution in [0.5, 0.6) is 0 Å². The number of nitro groups is 1. The smallest absolute Gasteiger partial charge is 0.270 e. The number of benzene rings is 2. The van der Waals surface area contributed by atoms with Gasteiger partial charge in [0.05, 0.1) is 20.9 Å². The van der Waals surface area contributed by atoms with Gasteiger partial charge in [0.1, 0.15) is 5.82 Å². The second-order valence-electron chi connectivity index (χ2n) is 6.11. The third-order valence-corrected chi connectivity index (χ3v) is 5.39. The van der Waals surface area contributed by atoms with Gasteiger partial charge < -0.3 is 5.32 Å². The van der Waals surface area contributed by atoms with E-state index in [1.165, 1.54) is 18.2 Å². The van der Waals surface area contributed by atoms with Crippen LogP contribution in [0.3, 0.4) is 0 Å². The molecule has 0 saturated heterocycles. The maximum atomic E-state index is 12.9. The van der Waals surface area contributed by atoms with Gasteiger partial charge in [-0.15, -0.1) is 0 Å². The summed E-state index contributed by atoms with van der Waals surface area (Å²) in [6.45, 7) is 0. The van der Waals surface area contributed by atoms with E-state index in [4.69, 9.17) is 0 Å². The molecule has 0 aliphatic rings. The maximum absolute atomic E-state index is 12.9. The molecule has 2 N–H and O–H groups in total. The molecule has 2 heterocycles. The highest BCUT2D eigenvalue weighted by atomic mass is 32.2. The number of rotatable bonds is 6. The minimum Gasteiger partial charge on any atom is -0.322 e. The van der Waals surface area contributed by atoms with Gasteiger partial charge in [-0.25, -0.2) is 23.4 Å². The Labute approximate surface area is 170 Å². The fourth-order valence-corrected chi connectivity index (χ4v) is 3.72. The molecular weight excluding hydrogens is 408 g/mol. The third kappa shape index (κ3) is 4.00. The lowest BCUT2D eigenvalue weighted by Gasteiger charge is -2.13. The Hall–Kier alpha value is -4.12. The van der Waals surface area contributed by atoms with Crippen molar-refractivity contribution in [3.8, 4) is 0 Å². The topological polar surface area (TPSA) is 140 Å². The van der Waals surface area contributed by atoms with Crippen LogP contribution in [0.25, 0.3) is 11.0 Å². The number of para-hydroxylation sites is 2.